The molecule has 3 aromatic rings. The van der Waals surface area contributed by atoms with Gasteiger partial charge < -0.3 is 15.4 Å². The van der Waals surface area contributed by atoms with Crippen LogP contribution in [-0.4, -0.2) is 38.0 Å². The first-order valence-corrected chi connectivity index (χ1v) is 12.8. The van der Waals surface area contributed by atoms with Crippen molar-refractivity contribution in [2.45, 2.75) is 17.1 Å². The number of hydrogen-bond acceptors (Lipinski definition) is 7. The lowest BCUT2D eigenvalue weighted by Gasteiger charge is -2.11. The van der Waals surface area contributed by atoms with Gasteiger partial charge in [-0.05, 0) is 54.1 Å². The highest BCUT2D eigenvalue weighted by molar-refractivity contribution is 7.93. The number of nitrogens with zero attached hydrogens (tertiary/aromatic N) is 1. The molecule has 0 radical (unpaired) electrons. The molecule has 186 valence electrons. The molecule has 0 saturated heterocycles. The zero-order valence-electron chi connectivity index (χ0n) is 17.9. The molecule has 35 heavy (non-hydrogen) atoms. The lowest BCUT2D eigenvalue weighted by molar-refractivity contribution is -0.274. The second-order valence-corrected chi connectivity index (χ2v) is 11.1. The minimum Gasteiger partial charge on any atom is -0.406 e. The number of rotatable bonds is 10. The van der Waals surface area contributed by atoms with E-state index in [1.54, 1.807) is 12.1 Å². The molecule has 2 heterocycles. The second kappa shape index (κ2) is 11.1. The summed E-state index contributed by atoms with van der Waals surface area (Å²) in [5, 5.41) is 5.35. The summed E-state index contributed by atoms with van der Waals surface area (Å²) in [6.07, 6.45) is -3.27. The normalized spacial score (nSPS) is 11.7. The van der Waals surface area contributed by atoms with Gasteiger partial charge in [0, 0.05) is 24.8 Å². The van der Waals surface area contributed by atoms with Crippen molar-refractivity contribution in [2.75, 3.05) is 12.3 Å². The topological polar surface area (TPSA) is 97.4 Å². The third-order valence-electron chi connectivity index (χ3n) is 4.50. The molecule has 13 heteroatoms. The molecular formula is C22H19ClF3N3O4S2. The molecule has 0 aliphatic carbocycles. The highest BCUT2D eigenvalue weighted by Gasteiger charge is 2.31. The van der Waals surface area contributed by atoms with Crippen LogP contribution in [0.1, 0.15) is 5.56 Å². The second-order valence-electron chi connectivity index (χ2n) is 7.09. The van der Waals surface area contributed by atoms with Crippen molar-refractivity contribution in [1.82, 2.24) is 15.6 Å². The Morgan fingerprint density at radius 2 is 1.83 bits per heavy atom. The van der Waals surface area contributed by atoms with Crippen LogP contribution in [-0.2, 0) is 21.2 Å². The van der Waals surface area contributed by atoms with Crippen LogP contribution < -0.4 is 15.4 Å². The van der Waals surface area contributed by atoms with E-state index < -0.39 is 22.1 Å². The molecule has 0 bridgehead atoms. The zero-order valence-corrected chi connectivity index (χ0v) is 20.3. The Kier molecular flexibility index (Phi) is 8.41. The summed E-state index contributed by atoms with van der Waals surface area (Å²) in [4.78, 5) is 16.5. The standard InChI is InChI=1S/C22H19ClF3N3O4S2/c1-14(27-10-11-35(31,32)20-7-6-19(23)34-20)21(30)29-13-15-8-9-28-18(12-15)16-2-4-17(5-3-16)33-22(24,25)26/h2-9,12,27H,1,10-11,13H2,(H,29,30). The van der Waals surface area contributed by atoms with E-state index in [2.05, 4.69) is 26.9 Å². The Hall–Kier alpha value is -3.09. The third-order valence-corrected chi connectivity index (χ3v) is 8.03. The van der Waals surface area contributed by atoms with Crippen molar-refractivity contribution >= 4 is 38.7 Å². The van der Waals surface area contributed by atoms with Crippen molar-refractivity contribution in [3.05, 3.63) is 76.9 Å². The van der Waals surface area contributed by atoms with E-state index >= 15 is 0 Å². The first-order valence-electron chi connectivity index (χ1n) is 9.93. The number of amides is 1. The fourth-order valence-corrected chi connectivity index (χ4v) is 5.63. The molecule has 2 aromatic heterocycles. The van der Waals surface area contributed by atoms with E-state index in [1.165, 1.54) is 42.6 Å². The van der Waals surface area contributed by atoms with E-state index in [0.717, 1.165) is 11.3 Å². The van der Waals surface area contributed by atoms with Gasteiger partial charge in [0.05, 0.1) is 21.5 Å². The summed E-state index contributed by atoms with van der Waals surface area (Å²) in [6, 6.07) is 11.5. The number of hydrogen-bond donors (Lipinski definition) is 2. The quantitative estimate of drug-likeness (QED) is 0.363. The Bertz CT molecular complexity index is 1310. The molecule has 0 aliphatic rings. The molecule has 0 atom stereocenters. The molecular weight excluding hydrogens is 527 g/mol. The van der Waals surface area contributed by atoms with Crippen LogP contribution in [0.5, 0.6) is 5.75 Å². The molecule has 0 unspecified atom stereocenters. The average Bonchev–Trinajstić information content (AvgIpc) is 3.24. The zero-order chi connectivity index (χ0) is 25.6. The van der Waals surface area contributed by atoms with Gasteiger partial charge in [0.2, 0.25) is 0 Å². The first kappa shape index (κ1) is 26.5. The van der Waals surface area contributed by atoms with Gasteiger partial charge in [0.1, 0.15) is 9.96 Å². The molecule has 1 amide bonds. The summed E-state index contributed by atoms with van der Waals surface area (Å²) in [5.74, 6) is -1.10. The van der Waals surface area contributed by atoms with Crippen LogP contribution >= 0.6 is 22.9 Å². The number of pyridine rings is 1. The number of alkyl halides is 3. The van der Waals surface area contributed by atoms with Crippen LogP contribution in [0, 0.1) is 0 Å². The van der Waals surface area contributed by atoms with E-state index in [4.69, 9.17) is 11.6 Å². The minimum atomic E-state index is -4.77. The lowest BCUT2D eigenvalue weighted by Crippen LogP contribution is -2.33. The highest BCUT2D eigenvalue weighted by atomic mass is 35.5. The summed E-state index contributed by atoms with van der Waals surface area (Å²) in [7, 11) is -3.53. The number of thiophene rings is 1. The molecule has 0 fully saturated rings. The Morgan fingerprint density at radius 3 is 2.46 bits per heavy atom. The lowest BCUT2D eigenvalue weighted by atomic mass is 10.1. The molecule has 3 rings (SSSR count). The van der Waals surface area contributed by atoms with Crippen LogP contribution in [0.15, 0.2) is 71.2 Å². The number of ether oxygens (including phenoxy) is 1. The maximum absolute atomic E-state index is 12.3. The molecule has 0 spiro atoms. The summed E-state index contributed by atoms with van der Waals surface area (Å²) >= 11 is 6.73. The van der Waals surface area contributed by atoms with Crippen molar-refractivity contribution < 1.29 is 31.1 Å². The van der Waals surface area contributed by atoms with Gasteiger partial charge in [0.25, 0.3) is 5.91 Å². The van der Waals surface area contributed by atoms with Crippen molar-refractivity contribution in [3.63, 3.8) is 0 Å². The van der Waals surface area contributed by atoms with Crippen LogP contribution in [0.25, 0.3) is 11.3 Å². The summed E-state index contributed by atoms with van der Waals surface area (Å²) in [6.45, 7) is 3.73. The van der Waals surface area contributed by atoms with Gasteiger partial charge in [-0.25, -0.2) is 8.42 Å². The number of halogens is 4. The average molecular weight is 546 g/mol. The summed E-state index contributed by atoms with van der Waals surface area (Å²) in [5.41, 5.74) is 1.74. The summed E-state index contributed by atoms with van der Waals surface area (Å²) < 4.78 is 65.8. The number of nitrogens with one attached hydrogen (secondary N) is 2. The van der Waals surface area contributed by atoms with Crippen molar-refractivity contribution in [1.29, 1.82) is 0 Å². The Balaban J connectivity index is 1.51. The number of carbonyl (C=O) groups excluding carboxylic acids is 1. The number of sulfone groups is 1. The molecule has 0 aliphatic heterocycles. The number of carbonyl (C=O) groups is 1. The Labute approximate surface area is 208 Å². The third kappa shape index (κ3) is 7.98. The predicted molar refractivity (Wildman–Crippen MR) is 127 cm³/mol. The minimum absolute atomic E-state index is 0.000977. The molecule has 0 saturated carbocycles. The van der Waals surface area contributed by atoms with Gasteiger partial charge in [-0.3, -0.25) is 9.78 Å². The smallest absolute Gasteiger partial charge is 0.406 e. The largest absolute Gasteiger partial charge is 0.573 e. The van der Waals surface area contributed by atoms with Crippen molar-refractivity contribution in [2.24, 2.45) is 0 Å². The molecule has 1 aromatic carbocycles. The van der Waals surface area contributed by atoms with E-state index in [9.17, 15) is 26.4 Å². The number of benzene rings is 1. The van der Waals surface area contributed by atoms with Crippen LogP contribution in [0.4, 0.5) is 13.2 Å². The maximum atomic E-state index is 12.3. The van der Waals surface area contributed by atoms with Crippen molar-refractivity contribution in [3.8, 4) is 17.0 Å². The predicted octanol–water partition coefficient (Wildman–Crippen LogP) is 4.56. The number of aromatic nitrogens is 1. The van der Waals surface area contributed by atoms with E-state index in [0.29, 0.717) is 21.2 Å². The van der Waals surface area contributed by atoms with Gasteiger partial charge >= 0.3 is 6.36 Å². The highest BCUT2D eigenvalue weighted by Crippen LogP contribution is 2.27. The maximum Gasteiger partial charge on any atom is 0.573 e. The first-order chi connectivity index (χ1) is 16.4. The molecule has 2 N–H and O–H groups in total. The molecule has 7 nitrogen and oxygen atoms in total. The fraction of sp³-hybridized carbons (Fsp3) is 0.182. The van der Waals surface area contributed by atoms with Gasteiger partial charge in [0.15, 0.2) is 9.84 Å². The SMILES string of the molecule is C=C(NCCS(=O)(=O)c1ccc(Cl)s1)C(=O)NCc1ccnc(-c2ccc(OC(F)(F)F)cc2)c1. The van der Waals surface area contributed by atoms with Gasteiger partial charge in [-0.15, -0.1) is 24.5 Å². The van der Waals surface area contributed by atoms with Crippen LogP contribution in [0.3, 0.4) is 0 Å². The van der Waals surface area contributed by atoms with Gasteiger partial charge in [-0.2, -0.15) is 0 Å². The van der Waals surface area contributed by atoms with Crippen LogP contribution in [0.2, 0.25) is 4.34 Å². The Morgan fingerprint density at radius 1 is 1.11 bits per heavy atom. The van der Waals surface area contributed by atoms with E-state index in [1.807, 2.05) is 0 Å². The fourth-order valence-electron chi connectivity index (χ4n) is 2.84. The van der Waals surface area contributed by atoms with E-state index in [-0.39, 0.29) is 34.5 Å². The van der Waals surface area contributed by atoms with Gasteiger partial charge in [-0.1, -0.05) is 18.2 Å². The monoisotopic (exact) mass is 545 g/mol.